The Morgan fingerprint density at radius 3 is 1.38 bits per heavy atom. The van der Waals surface area contributed by atoms with Crippen molar-refractivity contribution in [2.45, 2.75) is 88.6 Å². The smallest absolute Gasteiger partial charge is 0.186 e. The average molecular weight is 601 g/mol. The van der Waals surface area contributed by atoms with Gasteiger partial charge in [0, 0.05) is 24.3 Å². The summed E-state index contributed by atoms with van der Waals surface area (Å²) in [4.78, 5) is 9.86. The summed E-state index contributed by atoms with van der Waals surface area (Å²) in [7, 11) is 0. The summed E-state index contributed by atoms with van der Waals surface area (Å²) in [5, 5.41) is 11.9. The van der Waals surface area contributed by atoms with E-state index in [4.69, 9.17) is 20.2 Å². The summed E-state index contributed by atoms with van der Waals surface area (Å²) in [5.74, 6) is 3.98. The zero-order valence-corrected chi connectivity index (χ0v) is 26.8. The molecule has 42 heavy (non-hydrogen) atoms. The van der Waals surface area contributed by atoms with E-state index in [1.165, 1.54) is 36.8 Å². The molecule has 0 amide bonds. The van der Waals surface area contributed by atoms with Crippen LogP contribution in [0.25, 0.3) is 12.2 Å². The molecule has 8 heteroatoms. The van der Waals surface area contributed by atoms with E-state index in [1.54, 1.807) is 0 Å². The van der Waals surface area contributed by atoms with Gasteiger partial charge in [0.1, 0.15) is 0 Å². The van der Waals surface area contributed by atoms with Crippen LogP contribution in [0, 0.1) is 0 Å². The van der Waals surface area contributed by atoms with Crippen molar-refractivity contribution in [2.24, 2.45) is 0 Å². The first-order valence-corrected chi connectivity index (χ1v) is 17.1. The van der Waals surface area contributed by atoms with Gasteiger partial charge in [-0.3, -0.25) is 0 Å². The number of unbranched alkanes of at least 4 members (excludes halogenated alkanes) is 3. The Labute approximate surface area is 260 Å². The van der Waals surface area contributed by atoms with E-state index >= 15 is 0 Å². The van der Waals surface area contributed by atoms with Gasteiger partial charge in [-0.05, 0) is 47.9 Å². The molecule has 2 heterocycles. The lowest BCUT2D eigenvalue weighted by Gasteiger charge is -2.06. The van der Waals surface area contributed by atoms with E-state index < -0.39 is 0 Å². The third-order valence-corrected chi connectivity index (χ3v) is 9.07. The molecule has 0 aliphatic carbocycles. The Kier molecular flexibility index (Phi) is 13.0. The third kappa shape index (κ3) is 9.73. The number of nitrogens with zero attached hydrogens (tertiary/aromatic N) is 6. The minimum absolute atomic E-state index is 0.731. The minimum atomic E-state index is 0.731. The second-order valence-electron chi connectivity index (χ2n) is 10.4. The highest BCUT2D eigenvalue weighted by Crippen LogP contribution is 2.22. The van der Waals surface area contributed by atoms with Gasteiger partial charge >= 0.3 is 0 Å². The molecule has 0 aliphatic heterocycles. The lowest BCUT2D eigenvalue weighted by Crippen LogP contribution is -2.04. The van der Waals surface area contributed by atoms with Gasteiger partial charge in [0.25, 0.3) is 0 Å². The van der Waals surface area contributed by atoms with Gasteiger partial charge in [-0.2, -0.15) is 10.2 Å². The van der Waals surface area contributed by atoms with Crippen LogP contribution in [0.4, 0.5) is 0 Å². The van der Waals surface area contributed by atoms with Crippen molar-refractivity contribution in [3.05, 3.63) is 95.6 Å². The molecule has 0 saturated heterocycles. The lowest BCUT2D eigenvalue weighted by atomic mass is 10.1. The molecule has 0 fully saturated rings. The van der Waals surface area contributed by atoms with Crippen molar-refractivity contribution in [3.8, 4) is 0 Å². The number of rotatable bonds is 19. The summed E-state index contributed by atoms with van der Waals surface area (Å²) in [6, 6.07) is 17.0. The molecule has 2 aromatic carbocycles. The summed E-state index contributed by atoms with van der Waals surface area (Å²) in [5.41, 5.74) is 4.70. The molecule has 0 radical (unpaired) electrons. The standard InChI is InChI=1S/C34H44N6S2/c1-5-9-23-41-33-35-31(37-39(33)25-29-19-15-27(7-3)16-20-29)13-11-12-14-32-36-34(42-24-10-6-2)40(38-32)26-30-21-17-28(8-4)18-22-30/h7-8,15-22H,3-6,9-14,23-26H2,1-2H3. The van der Waals surface area contributed by atoms with E-state index in [1.807, 2.05) is 35.7 Å². The van der Waals surface area contributed by atoms with E-state index in [-0.39, 0.29) is 0 Å². The van der Waals surface area contributed by atoms with Crippen molar-refractivity contribution < 1.29 is 0 Å². The number of hydrogen-bond acceptors (Lipinski definition) is 6. The number of thioether (sulfide) groups is 2. The highest BCUT2D eigenvalue weighted by atomic mass is 32.2. The quantitative estimate of drug-likeness (QED) is 0.0793. The molecule has 4 rings (SSSR count). The molecular formula is C34H44N6S2. The maximum Gasteiger partial charge on any atom is 0.186 e. The first-order valence-electron chi connectivity index (χ1n) is 15.2. The van der Waals surface area contributed by atoms with Gasteiger partial charge in [0.05, 0.1) is 13.1 Å². The number of aromatic nitrogens is 6. The predicted octanol–water partition coefficient (Wildman–Crippen LogP) is 8.60. The van der Waals surface area contributed by atoms with Crippen molar-refractivity contribution >= 4 is 35.7 Å². The van der Waals surface area contributed by atoms with Crippen LogP contribution in [0.15, 0.2) is 72.0 Å². The van der Waals surface area contributed by atoms with E-state index in [2.05, 4.69) is 84.9 Å². The topological polar surface area (TPSA) is 61.4 Å². The predicted molar refractivity (Wildman–Crippen MR) is 179 cm³/mol. The fraction of sp³-hybridized carbons (Fsp3) is 0.412. The van der Waals surface area contributed by atoms with Crippen LogP contribution in [0.5, 0.6) is 0 Å². The van der Waals surface area contributed by atoms with Gasteiger partial charge in [0.2, 0.25) is 0 Å². The molecule has 0 N–H and O–H groups in total. The summed E-state index contributed by atoms with van der Waals surface area (Å²) >= 11 is 3.63. The molecule has 222 valence electrons. The number of aryl methyl sites for hydroxylation is 2. The Morgan fingerprint density at radius 2 is 1.02 bits per heavy atom. The van der Waals surface area contributed by atoms with Crippen LogP contribution < -0.4 is 0 Å². The number of hydrogen-bond donors (Lipinski definition) is 0. The van der Waals surface area contributed by atoms with Crippen LogP contribution in [0.1, 0.15) is 86.3 Å². The van der Waals surface area contributed by atoms with E-state index in [9.17, 15) is 0 Å². The second-order valence-corrected chi connectivity index (χ2v) is 12.6. The Morgan fingerprint density at radius 1 is 0.619 bits per heavy atom. The van der Waals surface area contributed by atoms with Gasteiger partial charge in [-0.25, -0.2) is 19.3 Å². The highest BCUT2D eigenvalue weighted by Gasteiger charge is 2.14. The first kappa shape index (κ1) is 31.8. The molecule has 0 unspecified atom stereocenters. The summed E-state index contributed by atoms with van der Waals surface area (Å²) in [6.07, 6.45) is 12.2. The van der Waals surface area contributed by atoms with Crippen LogP contribution >= 0.6 is 23.5 Å². The van der Waals surface area contributed by atoms with Gasteiger partial charge in [0.15, 0.2) is 22.0 Å². The minimum Gasteiger partial charge on any atom is -0.236 e. The Bertz CT molecular complexity index is 1280. The van der Waals surface area contributed by atoms with Gasteiger partial charge < -0.3 is 0 Å². The number of benzene rings is 2. The van der Waals surface area contributed by atoms with E-state index in [0.717, 1.165) is 83.4 Å². The largest absolute Gasteiger partial charge is 0.236 e. The fourth-order valence-corrected chi connectivity index (χ4v) is 6.50. The normalized spacial score (nSPS) is 11.2. The average Bonchev–Trinajstić information content (AvgIpc) is 3.59. The molecule has 0 atom stereocenters. The van der Waals surface area contributed by atoms with Gasteiger partial charge in [-0.1, -0.05) is 124 Å². The maximum absolute atomic E-state index is 4.93. The first-order chi connectivity index (χ1) is 20.6. The fourth-order valence-electron chi connectivity index (χ4n) is 4.42. The zero-order valence-electron chi connectivity index (χ0n) is 25.2. The Hall–Kier alpha value is -3.10. The molecule has 0 spiro atoms. The van der Waals surface area contributed by atoms with E-state index in [0.29, 0.717) is 0 Å². The van der Waals surface area contributed by atoms with Crippen molar-refractivity contribution in [2.75, 3.05) is 11.5 Å². The monoisotopic (exact) mass is 600 g/mol. The highest BCUT2D eigenvalue weighted by molar-refractivity contribution is 7.99. The van der Waals surface area contributed by atoms with Gasteiger partial charge in [-0.15, -0.1) is 0 Å². The zero-order chi connectivity index (χ0) is 29.6. The van der Waals surface area contributed by atoms with Crippen LogP contribution in [-0.2, 0) is 25.9 Å². The van der Waals surface area contributed by atoms with Crippen molar-refractivity contribution in [1.29, 1.82) is 0 Å². The summed E-state index contributed by atoms with van der Waals surface area (Å²) in [6.45, 7) is 13.6. The van der Waals surface area contributed by atoms with Crippen molar-refractivity contribution in [1.82, 2.24) is 29.5 Å². The molecule has 0 aliphatic rings. The second kappa shape index (κ2) is 17.1. The molecule has 4 aromatic rings. The van der Waals surface area contributed by atoms with Crippen LogP contribution in [-0.4, -0.2) is 41.0 Å². The molecule has 6 nitrogen and oxygen atoms in total. The molecule has 2 aromatic heterocycles. The van der Waals surface area contributed by atoms with Crippen LogP contribution in [0.3, 0.4) is 0 Å². The molecule has 0 bridgehead atoms. The SMILES string of the molecule is C=Cc1ccc(Cn2nc(CCCCc3nc(SCCCC)n(Cc4ccc(C=C)cc4)n3)nc2SCCCC)cc1. The van der Waals surface area contributed by atoms with Crippen molar-refractivity contribution in [3.63, 3.8) is 0 Å². The summed E-state index contributed by atoms with van der Waals surface area (Å²) < 4.78 is 4.15. The van der Waals surface area contributed by atoms with Crippen LogP contribution in [0.2, 0.25) is 0 Å². The lowest BCUT2D eigenvalue weighted by molar-refractivity contribution is 0.603. The third-order valence-electron chi connectivity index (χ3n) is 6.97. The maximum atomic E-state index is 4.93. The molecule has 0 saturated carbocycles. The molecular weight excluding hydrogens is 557 g/mol. The Balaban J connectivity index is 1.36.